The first-order chi connectivity index (χ1) is 7.27. The first-order valence-corrected chi connectivity index (χ1v) is 6.13. The number of anilines is 1. The summed E-state index contributed by atoms with van der Waals surface area (Å²) in [6.45, 7) is 2.05. The molecule has 0 spiro atoms. The van der Waals surface area contributed by atoms with Gasteiger partial charge in [0.15, 0.2) is 0 Å². The third-order valence-corrected chi connectivity index (χ3v) is 4.00. The van der Waals surface area contributed by atoms with Crippen LogP contribution in [0.3, 0.4) is 0 Å². The van der Waals surface area contributed by atoms with Crippen LogP contribution in [0.15, 0.2) is 51.2 Å². The highest BCUT2D eigenvalue weighted by Crippen LogP contribution is 2.45. The summed E-state index contributed by atoms with van der Waals surface area (Å²) >= 11 is 6.03. The molecule has 1 nitrogen and oxygen atoms in total. The van der Waals surface area contributed by atoms with Crippen LogP contribution in [0.1, 0.15) is 6.92 Å². The molecule has 0 saturated carbocycles. The first-order valence-electron chi connectivity index (χ1n) is 4.79. The molecule has 1 aromatic carbocycles. The Hall–Kier alpha value is -0.800. The molecule has 2 rings (SSSR count). The molecule has 0 amide bonds. The second-order valence-corrected chi connectivity index (χ2v) is 4.64. The van der Waals surface area contributed by atoms with Crippen molar-refractivity contribution in [2.45, 2.75) is 11.8 Å². The lowest BCUT2D eigenvalue weighted by molar-refractivity contribution is 1.08. The number of fused-ring (bicyclic) bond motifs is 1. The van der Waals surface area contributed by atoms with Gasteiger partial charge in [-0.05, 0) is 24.5 Å². The molecular formula is C12H13NS2. The molecule has 0 radical (unpaired) electrons. The highest BCUT2D eigenvalue weighted by molar-refractivity contribution is 8.04. The smallest absolute Gasteiger partial charge is 0.0550 e. The summed E-state index contributed by atoms with van der Waals surface area (Å²) < 4.78 is 0. The van der Waals surface area contributed by atoms with Crippen molar-refractivity contribution in [3.8, 4) is 0 Å². The molecule has 0 aliphatic carbocycles. The highest BCUT2D eigenvalue weighted by Gasteiger charge is 2.21. The van der Waals surface area contributed by atoms with Gasteiger partial charge in [0, 0.05) is 16.8 Å². The third-order valence-electron chi connectivity index (χ3n) is 2.45. The van der Waals surface area contributed by atoms with Gasteiger partial charge in [0.25, 0.3) is 0 Å². The van der Waals surface area contributed by atoms with Crippen molar-refractivity contribution in [1.82, 2.24) is 0 Å². The predicted octanol–water partition coefficient (Wildman–Crippen LogP) is 3.90. The van der Waals surface area contributed by atoms with Crippen molar-refractivity contribution in [1.29, 1.82) is 0 Å². The van der Waals surface area contributed by atoms with E-state index in [1.165, 1.54) is 21.2 Å². The maximum atomic E-state index is 4.26. The van der Waals surface area contributed by atoms with E-state index >= 15 is 0 Å². The van der Waals surface area contributed by atoms with Gasteiger partial charge < -0.3 is 4.90 Å². The fourth-order valence-corrected chi connectivity index (χ4v) is 3.11. The van der Waals surface area contributed by atoms with E-state index in [9.17, 15) is 0 Å². The van der Waals surface area contributed by atoms with Gasteiger partial charge in [-0.25, -0.2) is 0 Å². The molecular weight excluding hydrogens is 222 g/mol. The number of allylic oxidation sites excluding steroid dienone is 1. The van der Waals surface area contributed by atoms with Gasteiger partial charge in [-0.15, -0.1) is 0 Å². The third kappa shape index (κ3) is 1.82. The average molecular weight is 235 g/mol. The van der Waals surface area contributed by atoms with Crippen LogP contribution in [0, 0.1) is 0 Å². The zero-order valence-electron chi connectivity index (χ0n) is 8.77. The lowest BCUT2D eigenvalue weighted by Crippen LogP contribution is -2.20. The van der Waals surface area contributed by atoms with Crippen LogP contribution in [-0.4, -0.2) is 7.05 Å². The standard InChI is InChI=1S/C12H13NS2/c1-3-9-12(8-14)15-11-7-5-4-6-10(11)13(9)2/h3-8,14H,1-2H3/b9-3?,12-8+. The van der Waals surface area contributed by atoms with Gasteiger partial charge in [-0.1, -0.05) is 30.0 Å². The molecule has 1 aliphatic rings. The molecule has 1 heterocycles. The van der Waals surface area contributed by atoms with E-state index in [1.54, 1.807) is 11.8 Å². The Morgan fingerprint density at radius 2 is 2.07 bits per heavy atom. The maximum absolute atomic E-state index is 4.26. The molecule has 0 bridgehead atoms. The second kappa shape index (κ2) is 4.37. The fraction of sp³-hybridized carbons (Fsp3) is 0.167. The van der Waals surface area contributed by atoms with Crippen LogP contribution in [-0.2, 0) is 0 Å². The van der Waals surface area contributed by atoms with Crippen LogP contribution < -0.4 is 4.90 Å². The molecule has 0 N–H and O–H groups in total. The summed E-state index contributed by atoms with van der Waals surface area (Å²) in [4.78, 5) is 4.68. The molecule has 0 unspecified atom stereocenters. The van der Waals surface area contributed by atoms with E-state index in [2.05, 4.69) is 61.8 Å². The number of rotatable bonds is 0. The number of hydrogen-bond acceptors (Lipinski definition) is 3. The zero-order chi connectivity index (χ0) is 10.8. The number of nitrogens with zero attached hydrogens (tertiary/aromatic N) is 1. The van der Waals surface area contributed by atoms with E-state index in [1.807, 2.05) is 5.41 Å². The van der Waals surface area contributed by atoms with Gasteiger partial charge in [0.2, 0.25) is 0 Å². The monoisotopic (exact) mass is 235 g/mol. The zero-order valence-corrected chi connectivity index (χ0v) is 10.5. The molecule has 1 aromatic rings. The fourth-order valence-electron chi connectivity index (χ4n) is 1.71. The number of thioether (sulfide) groups is 1. The lowest BCUT2D eigenvalue weighted by atomic mass is 10.2. The van der Waals surface area contributed by atoms with Crippen LogP contribution >= 0.6 is 24.4 Å². The second-order valence-electron chi connectivity index (χ2n) is 3.30. The molecule has 0 atom stereocenters. The minimum Gasteiger partial charge on any atom is -0.343 e. The van der Waals surface area contributed by atoms with Gasteiger partial charge in [-0.2, -0.15) is 12.6 Å². The molecule has 15 heavy (non-hydrogen) atoms. The largest absolute Gasteiger partial charge is 0.343 e. The molecule has 0 fully saturated rings. The molecule has 0 saturated heterocycles. The summed E-state index contributed by atoms with van der Waals surface area (Å²) in [5, 5.41) is 1.87. The summed E-state index contributed by atoms with van der Waals surface area (Å²) in [6.07, 6.45) is 2.12. The summed E-state index contributed by atoms with van der Waals surface area (Å²) in [6, 6.07) is 8.41. The van der Waals surface area contributed by atoms with Crippen LogP contribution in [0.5, 0.6) is 0 Å². The average Bonchev–Trinajstić information content (AvgIpc) is 2.29. The minimum absolute atomic E-state index is 1.20. The van der Waals surface area contributed by atoms with Gasteiger partial charge in [0.05, 0.1) is 11.4 Å². The quantitative estimate of drug-likeness (QED) is 0.679. The topological polar surface area (TPSA) is 3.24 Å². The Morgan fingerprint density at radius 3 is 2.73 bits per heavy atom. The van der Waals surface area contributed by atoms with Gasteiger partial charge >= 0.3 is 0 Å². The lowest BCUT2D eigenvalue weighted by Gasteiger charge is -2.31. The Bertz CT molecular complexity index is 435. The predicted molar refractivity (Wildman–Crippen MR) is 71.5 cm³/mol. The summed E-state index contributed by atoms with van der Waals surface area (Å²) in [5.74, 6) is 0. The van der Waals surface area contributed by atoms with Crippen molar-refractivity contribution >= 4 is 30.1 Å². The molecule has 1 aliphatic heterocycles. The van der Waals surface area contributed by atoms with E-state index in [4.69, 9.17) is 0 Å². The van der Waals surface area contributed by atoms with Gasteiger partial charge in [0.1, 0.15) is 0 Å². The molecule has 3 heteroatoms. The van der Waals surface area contributed by atoms with E-state index < -0.39 is 0 Å². The number of benzene rings is 1. The van der Waals surface area contributed by atoms with Crippen LogP contribution in [0.2, 0.25) is 0 Å². The number of thiol groups is 1. The number of para-hydroxylation sites is 1. The number of likely N-dealkylation sites (N-methyl/N-ethyl adjacent to an activating group) is 1. The maximum Gasteiger partial charge on any atom is 0.0550 e. The van der Waals surface area contributed by atoms with Crippen LogP contribution in [0.25, 0.3) is 0 Å². The van der Waals surface area contributed by atoms with Crippen molar-refractivity contribution in [2.24, 2.45) is 0 Å². The Morgan fingerprint density at radius 1 is 1.33 bits per heavy atom. The summed E-state index contributed by atoms with van der Waals surface area (Å²) in [5.41, 5.74) is 2.48. The van der Waals surface area contributed by atoms with Gasteiger partial charge in [-0.3, -0.25) is 0 Å². The highest BCUT2D eigenvalue weighted by atomic mass is 32.2. The normalized spacial score (nSPS) is 20.9. The minimum atomic E-state index is 1.20. The van der Waals surface area contributed by atoms with E-state index in [-0.39, 0.29) is 0 Å². The number of hydrogen-bond donors (Lipinski definition) is 1. The van der Waals surface area contributed by atoms with Crippen LogP contribution in [0.4, 0.5) is 5.69 Å². The first kappa shape index (κ1) is 10.7. The summed E-state index contributed by atoms with van der Waals surface area (Å²) in [7, 11) is 2.09. The SMILES string of the molecule is CC=C1/C(=C\S)Sc2ccccc2N1C. The van der Waals surface area contributed by atoms with Crippen molar-refractivity contribution < 1.29 is 0 Å². The van der Waals surface area contributed by atoms with E-state index in [0.29, 0.717) is 0 Å². The van der Waals surface area contributed by atoms with Crippen molar-refractivity contribution in [3.05, 3.63) is 46.4 Å². The Labute approximate surface area is 100 Å². The Balaban J connectivity index is 2.55. The molecule has 78 valence electrons. The van der Waals surface area contributed by atoms with E-state index in [0.717, 1.165) is 0 Å². The van der Waals surface area contributed by atoms with Crippen molar-refractivity contribution in [2.75, 3.05) is 11.9 Å². The van der Waals surface area contributed by atoms with Crippen molar-refractivity contribution in [3.63, 3.8) is 0 Å². The Kier molecular flexibility index (Phi) is 3.12. The molecule has 0 aromatic heterocycles.